The van der Waals surface area contributed by atoms with E-state index in [9.17, 15) is 30.6 Å². The van der Waals surface area contributed by atoms with Crippen LogP contribution in [0, 0.1) is 53.3 Å². The number of anilines is 1. The van der Waals surface area contributed by atoms with Crippen LogP contribution in [-0.4, -0.2) is 95.2 Å². The molecule has 1 saturated heterocycles. The summed E-state index contributed by atoms with van der Waals surface area (Å²) in [6.07, 6.45) is 14.0. The fourth-order valence-corrected chi connectivity index (χ4v) is 17.6. The van der Waals surface area contributed by atoms with E-state index < -0.39 is 65.3 Å². The Morgan fingerprint density at radius 3 is 2.47 bits per heavy atom. The molecule has 452 valence electrons. The van der Waals surface area contributed by atoms with Gasteiger partial charge in [0.1, 0.15) is 29.5 Å². The molecule has 0 radical (unpaired) electrons. The smallest absolute Gasteiger partial charge is 0.163 e. The number of aromatic amines is 2. The third-order valence-corrected chi connectivity index (χ3v) is 22.1. The van der Waals surface area contributed by atoms with Crippen LogP contribution in [0.1, 0.15) is 163 Å². The van der Waals surface area contributed by atoms with Gasteiger partial charge in [-0.1, -0.05) is 84.7 Å². The van der Waals surface area contributed by atoms with Gasteiger partial charge in [0.05, 0.1) is 35.6 Å². The number of ketones is 2. The van der Waals surface area contributed by atoms with Crippen molar-refractivity contribution in [1.29, 1.82) is 0 Å². The minimum Gasteiger partial charge on any atom is -0.507 e. The van der Waals surface area contributed by atoms with Gasteiger partial charge in [-0.2, -0.15) is 0 Å². The van der Waals surface area contributed by atoms with E-state index in [0.29, 0.717) is 60.3 Å². The molecule has 6 heterocycles. The molecule has 2 saturated carbocycles. The number of Topliss-reactive ketones (excluding diaryl/α,β-unsaturated/α-hetero) is 2. The van der Waals surface area contributed by atoms with E-state index in [1.165, 1.54) is 0 Å². The average Bonchev–Trinajstić information content (AvgIpc) is 1.72. The maximum absolute atomic E-state index is 16.9. The number of phenols is 2. The molecule has 88 heavy (non-hydrogen) atoms. The van der Waals surface area contributed by atoms with Gasteiger partial charge < -0.3 is 56.0 Å². The van der Waals surface area contributed by atoms with Crippen molar-refractivity contribution in [2.45, 2.75) is 163 Å². The van der Waals surface area contributed by atoms with Gasteiger partial charge in [0.25, 0.3) is 0 Å². The Balaban J connectivity index is 1.03. The Hall–Kier alpha value is -7.62. The number of nitrogens with one attached hydrogen (secondary N) is 4. The van der Waals surface area contributed by atoms with Crippen molar-refractivity contribution in [1.82, 2.24) is 15.3 Å². The monoisotopic (exact) mass is 1180 g/mol. The number of rotatable bonds is 6. The zero-order valence-corrected chi connectivity index (χ0v) is 49.7. The highest BCUT2D eigenvalue weighted by molar-refractivity contribution is 6.06. The van der Waals surface area contributed by atoms with Crippen molar-refractivity contribution in [2.75, 3.05) is 18.5 Å². The molecule has 10 N–H and O–H groups in total. The first kappa shape index (κ1) is 56.9. The summed E-state index contributed by atoms with van der Waals surface area (Å²) in [4.78, 5) is 39.6. The number of benzene rings is 4. The summed E-state index contributed by atoms with van der Waals surface area (Å²) in [5, 5.41) is 83.8. The van der Waals surface area contributed by atoms with Crippen LogP contribution in [0.15, 0.2) is 103 Å². The number of aromatic nitrogens is 2. The van der Waals surface area contributed by atoms with E-state index in [4.69, 9.17) is 4.74 Å². The molecular weight excluding hydrogens is 1100 g/mol. The molecule has 1 spiro atoms. The number of ether oxygens (including phenoxy) is 1. The van der Waals surface area contributed by atoms with E-state index in [1.807, 2.05) is 30.6 Å². The molecular formula is C75H78N4O9. The second-order valence-corrected chi connectivity index (χ2v) is 27.0. The number of phenolic OH excluding ortho intramolecular Hbond substituents is 2. The van der Waals surface area contributed by atoms with E-state index in [-0.39, 0.29) is 91.1 Å². The van der Waals surface area contributed by atoms with Crippen molar-refractivity contribution in [3.05, 3.63) is 164 Å². The maximum atomic E-state index is 16.9. The second kappa shape index (κ2) is 22.8. The summed E-state index contributed by atoms with van der Waals surface area (Å²) in [6.45, 7) is 0.231. The van der Waals surface area contributed by atoms with Crippen LogP contribution in [0.5, 0.6) is 17.2 Å². The zero-order chi connectivity index (χ0) is 60.0. The summed E-state index contributed by atoms with van der Waals surface area (Å²) in [5.41, 5.74) is 9.13. The number of carbonyl (C=O) groups is 2. The molecule has 6 aromatic rings. The molecule has 16 rings (SSSR count). The molecule has 2 aromatic heterocycles. The van der Waals surface area contributed by atoms with Gasteiger partial charge in [0.2, 0.25) is 0 Å². The van der Waals surface area contributed by atoms with Crippen LogP contribution in [0.2, 0.25) is 0 Å². The molecule has 13 nitrogen and oxygen atoms in total. The van der Waals surface area contributed by atoms with Crippen LogP contribution < -0.4 is 15.4 Å². The van der Waals surface area contributed by atoms with Crippen LogP contribution in [0.25, 0.3) is 22.8 Å². The first-order valence-electron chi connectivity index (χ1n) is 32.5. The quantitative estimate of drug-likeness (QED) is 0.0559. The summed E-state index contributed by atoms with van der Waals surface area (Å²) < 4.78 is 6.72. The number of aromatic hydroxyl groups is 2. The van der Waals surface area contributed by atoms with Gasteiger partial charge in [0, 0.05) is 78.4 Å². The summed E-state index contributed by atoms with van der Waals surface area (Å²) in [5.74, 6) is 11.4. The number of piperidine rings is 1. The number of hydrogen-bond acceptors (Lipinski definition) is 11. The molecule has 10 aliphatic rings. The lowest BCUT2D eigenvalue weighted by molar-refractivity contribution is -0.136. The van der Waals surface area contributed by atoms with Crippen molar-refractivity contribution in [2.24, 2.45) is 29.6 Å². The Kier molecular flexibility index (Phi) is 14.7. The highest BCUT2D eigenvalue weighted by Gasteiger charge is 2.55. The molecule has 0 amide bonds. The molecule has 11 bridgehead atoms. The maximum Gasteiger partial charge on any atom is 0.163 e. The summed E-state index contributed by atoms with van der Waals surface area (Å²) in [6, 6.07) is 24.7. The molecule has 4 aliphatic heterocycles. The number of aryl methyl sites for hydroxylation is 2. The van der Waals surface area contributed by atoms with Gasteiger partial charge >= 0.3 is 0 Å². The summed E-state index contributed by atoms with van der Waals surface area (Å²) >= 11 is 0. The molecule has 6 aliphatic carbocycles. The number of H-pyrrole nitrogens is 2. The Labute approximate surface area is 514 Å². The van der Waals surface area contributed by atoms with Crippen LogP contribution >= 0.6 is 0 Å². The Morgan fingerprint density at radius 2 is 1.61 bits per heavy atom. The number of allylic oxidation sites excluding steroid dienone is 1. The lowest BCUT2D eigenvalue weighted by Gasteiger charge is -2.46. The fourth-order valence-electron chi connectivity index (χ4n) is 17.6. The third-order valence-electron chi connectivity index (χ3n) is 22.1. The van der Waals surface area contributed by atoms with Gasteiger partial charge in [-0.3, -0.25) is 9.59 Å². The van der Waals surface area contributed by atoms with E-state index in [2.05, 4.69) is 80.7 Å². The predicted octanol–water partition coefficient (Wildman–Crippen LogP) is 10.6. The number of aliphatic hydroxyl groups excluding tert-OH is 3. The van der Waals surface area contributed by atoms with Gasteiger partial charge in [-0.05, 0) is 206 Å². The molecule has 4 aromatic carbocycles. The SMILES string of the molecule is O=C1CCc2cc(OC3CCCC3)c(O)c(c2)[C@@H](O)c2cc3c4cc2-c2ccccc2C[C@@H]2CC[C@@H](NC2)[C@@H]2C#C[C@@H](Nc5[nH]ccc5C3)C3=C(CC#C[C@@H]5CCC[C@@]45[C@H]2O)c2[nH]ccc2[C@@H](C[C@]2(O)C=Cc4c(O)cccc4CC2)[C@@H]3C(=O)[C@H]1CCO. The fraction of sp³-hybridized carbons (Fsp3) is 0.440. The minimum absolute atomic E-state index is 0.0579. The topological polar surface area (TPSA) is 220 Å². The standard InChI is InChI=1S/C75H78N4O9/c80-33-27-54-64(82)22-18-42-35-58(70(84)65(36-42)88-49-12-2-3-13-49)69(83)57-38-47-37-46-25-31-77-73(46)79-62-21-19-53-61-20-17-43(41-78-61)34-45-8-1-4-14-50(45)56(57)39-60(47)75(72(53)86)28-7-11-48(75)10-6-15-55-66(62)67(71(54)85)59(52-26-32-76-68(52)55)40-74(87)29-23-44-9-5-16-63(81)51(44)24-30-74/h1,4-5,8-9,14,16,24-26,30-32,35-36,38-39,43,48-49,53-54,59,61-62,67,69,72,76-81,83-84,86-87H,2-3,7,11-13,15,17-18,20,22-23,27-29,33-34,37,40-41H2/t43-,48+,53-,54-,59+,61+,62+,67-,69-,72-,74+,75-/m0/s1. The zero-order valence-electron chi connectivity index (χ0n) is 49.7. The predicted molar refractivity (Wildman–Crippen MR) is 337 cm³/mol. The third kappa shape index (κ3) is 9.75. The lowest BCUT2D eigenvalue weighted by atomic mass is 9.61. The van der Waals surface area contributed by atoms with E-state index in [1.54, 1.807) is 36.4 Å². The Morgan fingerprint density at radius 1 is 0.761 bits per heavy atom. The number of fused-ring (bicyclic) bond motifs is 8. The molecule has 3 fully saturated rings. The largest absolute Gasteiger partial charge is 0.507 e. The molecule has 0 unspecified atom stereocenters. The number of hydrogen-bond donors (Lipinski definition) is 10. The summed E-state index contributed by atoms with van der Waals surface area (Å²) in [7, 11) is 0. The van der Waals surface area contributed by atoms with Crippen molar-refractivity contribution >= 4 is 29.0 Å². The van der Waals surface area contributed by atoms with E-state index >= 15 is 9.59 Å². The van der Waals surface area contributed by atoms with Gasteiger partial charge in [-0.15, -0.1) is 0 Å². The minimum atomic E-state index is -1.51. The van der Waals surface area contributed by atoms with Crippen LogP contribution in [0.4, 0.5) is 5.82 Å². The molecule has 13 heteroatoms. The van der Waals surface area contributed by atoms with Crippen molar-refractivity contribution < 1.29 is 45.0 Å². The first-order chi connectivity index (χ1) is 42.9. The first-order valence-corrected chi connectivity index (χ1v) is 32.5. The highest BCUT2D eigenvalue weighted by atomic mass is 16.5. The average molecular weight is 1180 g/mol. The number of aliphatic hydroxyl groups is 4. The lowest BCUT2D eigenvalue weighted by Crippen LogP contribution is -2.54. The van der Waals surface area contributed by atoms with Gasteiger partial charge in [-0.25, -0.2) is 0 Å². The number of carbonyl (C=O) groups excluding carboxylic acids is 2. The molecule has 12 atom stereocenters. The van der Waals surface area contributed by atoms with Crippen molar-refractivity contribution in [3.63, 3.8) is 0 Å². The normalized spacial score (nSPS) is 30.5. The van der Waals surface area contributed by atoms with Crippen molar-refractivity contribution in [3.8, 4) is 52.1 Å². The second-order valence-electron chi connectivity index (χ2n) is 27.0. The van der Waals surface area contributed by atoms with Crippen LogP contribution in [-0.2, 0) is 40.7 Å². The van der Waals surface area contributed by atoms with E-state index in [0.717, 1.165) is 107 Å². The Bertz CT molecular complexity index is 3960. The highest BCUT2D eigenvalue weighted by Crippen LogP contribution is 2.57. The van der Waals surface area contributed by atoms with Gasteiger partial charge in [0.15, 0.2) is 17.3 Å². The van der Waals surface area contributed by atoms with Crippen LogP contribution in [0.3, 0.4) is 0 Å².